The lowest BCUT2D eigenvalue weighted by Gasteiger charge is -2.66. The summed E-state index contributed by atoms with van der Waals surface area (Å²) in [5.41, 5.74) is 8.36. The summed E-state index contributed by atoms with van der Waals surface area (Å²) in [5.74, 6) is 0.938. The van der Waals surface area contributed by atoms with Gasteiger partial charge in [0.1, 0.15) is 0 Å². The maximum atomic E-state index is 6.84. The predicted molar refractivity (Wildman–Crippen MR) is 85.8 cm³/mol. The third kappa shape index (κ3) is 1.84. The van der Waals surface area contributed by atoms with Crippen LogP contribution in [0.15, 0.2) is 12.1 Å². The van der Waals surface area contributed by atoms with Crippen LogP contribution in [0.3, 0.4) is 0 Å². The van der Waals surface area contributed by atoms with Gasteiger partial charge in [0.15, 0.2) is 0 Å². The summed E-state index contributed by atoms with van der Waals surface area (Å²) in [5, 5.41) is 0. The van der Waals surface area contributed by atoms with Gasteiger partial charge in [0.2, 0.25) is 0 Å². The van der Waals surface area contributed by atoms with Crippen LogP contribution in [0.4, 0.5) is 0 Å². The number of hydrogen-bond acceptors (Lipinski definition) is 2. The van der Waals surface area contributed by atoms with Crippen LogP contribution in [0.2, 0.25) is 0 Å². The van der Waals surface area contributed by atoms with Gasteiger partial charge in [0.25, 0.3) is 0 Å². The highest BCUT2D eigenvalue weighted by atomic mass is 32.1. The highest BCUT2D eigenvalue weighted by molar-refractivity contribution is 7.12. The average molecular weight is 289 g/mol. The minimum Gasteiger partial charge on any atom is -0.323 e. The van der Waals surface area contributed by atoms with Gasteiger partial charge in [-0.1, -0.05) is 13.8 Å². The summed E-state index contributed by atoms with van der Waals surface area (Å²) in [6.45, 7) is 7.27. The molecule has 0 saturated heterocycles. The quantitative estimate of drug-likeness (QED) is 0.809. The molecule has 1 nitrogen and oxygen atoms in total. The summed E-state index contributed by atoms with van der Waals surface area (Å²) in [6.07, 6.45) is 8.47. The standard InChI is InChI=1S/C18H27NS/c1-12-4-5-14(20-12)15(19)18-8-13-6-16(2,10-18)9-17(3,7-13)11-18/h4-5,13,15H,6-11,19H2,1-3H3. The summed E-state index contributed by atoms with van der Waals surface area (Å²) in [6, 6.07) is 4.79. The highest BCUT2D eigenvalue weighted by Gasteiger charge is 2.61. The smallest absolute Gasteiger partial charge is 0.0447 e. The maximum absolute atomic E-state index is 6.84. The first-order valence-corrected chi connectivity index (χ1v) is 8.95. The van der Waals surface area contributed by atoms with E-state index in [1.807, 2.05) is 11.3 Å². The number of nitrogens with two attached hydrogens (primary N) is 1. The topological polar surface area (TPSA) is 26.0 Å². The van der Waals surface area contributed by atoms with E-state index >= 15 is 0 Å². The van der Waals surface area contributed by atoms with Crippen LogP contribution in [-0.4, -0.2) is 0 Å². The third-order valence-corrected chi connectivity index (χ3v) is 7.48. The molecule has 3 atom stereocenters. The van der Waals surface area contributed by atoms with Gasteiger partial charge in [-0.25, -0.2) is 0 Å². The molecule has 3 unspecified atom stereocenters. The first kappa shape index (κ1) is 13.3. The molecule has 110 valence electrons. The molecule has 0 spiro atoms. The van der Waals surface area contributed by atoms with Crippen molar-refractivity contribution in [2.45, 2.75) is 65.3 Å². The highest BCUT2D eigenvalue weighted by Crippen LogP contribution is 2.72. The lowest BCUT2D eigenvalue weighted by molar-refractivity contribution is -0.154. The molecule has 0 aromatic carbocycles. The molecule has 4 saturated carbocycles. The molecule has 4 fully saturated rings. The zero-order valence-electron chi connectivity index (χ0n) is 13.0. The fraction of sp³-hybridized carbons (Fsp3) is 0.778. The van der Waals surface area contributed by atoms with Crippen molar-refractivity contribution in [3.8, 4) is 0 Å². The van der Waals surface area contributed by atoms with E-state index in [-0.39, 0.29) is 6.04 Å². The average Bonchev–Trinajstić information content (AvgIpc) is 2.69. The predicted octanol–water partition coefficient (Wildman–Crippen LogP) is 5.05. The van der Waals surface area contributed by atoms with Gasteiger partial charge in [-0.15, -0.1) is 11.3 Å². The Morgan fingerprint density at radius 2 is 1.75 bits per heavy atom. The Labute approximate surface area is 127 Å². The second kappa shape index (κ2) is 3.89. The van der Waals surface area contributed by atoms with Crippen LogP contribution in [0.5, 0.6) is 0 Å². The molecular formula is C18H27NS. The van der Waals surface area contributed by atoms with Gasteiger partial charge in [-0.3, -0.25) is 0 Å². The van der Waals surface area contributed by atoms with E-state index in [0.29, 0.717) is 16.2 Å². The van der Waals surface area contributed by atoms with Crippen LogP contribution >= 0.6 is 11.3 Å². The van der Waals surface area contributed by atoms with E-state index in [1.165, 1.54) is 48.3 Å². The van der Waals surface area contributed by atoms with E-state index < -0.39 is 0 Å². The van der Waals surface area contributed by atoms with Gasteiger partial charge >= 0.3 is 0 Å². The second-order valence-electron chi connectivity index (χ2n) is 8.92. The Kier molecular flexibility index (Phi) is 2.60. The summed E-state index contributed by atoms with van der Waals surface area (Å²) in [4.78, 5) is 2.83. The number of aryl methyl sites for hydroxylation is 1. The number of hydrogen-bond donors (Lipinski definition) is 1. The molecule has 2 heteroatoms. The SMILES string of the molecule is Cc1ccc(C(N)C23CC4CC(C)(CC(C)(C4)C2)C3)s1. The lowest BCUT2D eigenvalue weighted by atomic mass is 9.39. The van der Waals surface area contributed by atoms with E-state index in [4.69, 9.17) is 5.73 Å². The molecule has 4 bridgehead atoms. The molecule has 5 rings (SSSR count). The van der Waals surface area contributed by atoms with E-state index in [2.05, 4.69) is 32.9 Å². The number of thiophene rings is 1. The van der Waals surface area contributed by atoms with Crippen molar-refractivity contribution in [2.75, 3.05) is 0 Å². The monoisotopic (exact) mass is 289 g/mol. The molecular weight excluding hydrogens is 262 g/mol. The summed E-state index contributed by atoms with van der Waals surface area (Å²) < 4.78 is 0. The Morgan fingerprint density at radius 3 is 2.25 bits per heavy atom. The summed E-state index contributed by atoms with van der Waals surface area (Å²) in [7, 11) is 0. The van der Waals surface area contributed by atoms with Crippen molar-refractivity contribution >= 4 is 11.3 Å². The Morgan fingerprint density at radius 1 is 1.10 bits per heavy atom. The first-order valence-electron chi connectivity index (χ1n) is 8.14. The van der Waals surface area contributed by atoms with Crippen LogP contribution in [0.1, 0.15) is 68.2 Å². The van der Waals surface area contributed by atoms with E-state index in [1.54, 1.807) is 0 Å². The van der Waals surface area contributed by atoms with Gasteiger partial charge < -0.3 is 5.73 Å². The maximum Gasteiger partial charge on any atom is 0.0447 e. The van der Waals surface area contributed by atoms with Crippen LogP contribution in [0, 0.1) is 29.1 Å². The molecule has 0 amide bonds. The molecule has 1 aromatic heterocycles. The second-order valence-corrected chi connectivity index (χ2v) is 10.2. The van der Waals surface area contributed by atoms with Gasteiger partial charge in [0, 0.05) is 15.8 Å². The first-order chi connectivity index (χ1) is 9.32. The van der Waals surface area contributed by atoms with Crippen LogP contribution < -0.4 is 5.73 Å². The molecule has 4 aliphatic carbocycles. The van der Waals surface area contributed by atoms with Gasteiger partial charge in [-0.2, -0.15) is 0 Å². The minimum atomic E-state index is 0.267. The Hall–Kier alpha value is -0.340. The molecule has 0 aliphatic heterocycles. The molecule has 4 aliphatic rings. The Balaban J connectivity index is 1.73. The largest absolute Gasteiger partial charge is 0.323 e. The zero-order valence-corrected chi connectivity index (χ0v) is 13.9. The number of rotatable bonds is 2. The van der Waals surface area contributed by atoms with Crippen LogP contribution in [-0.2, 0) is 0 Å². The van der Waals surface area contributed by atoms with Crippen molar-refractivity contribution in [1.29, 1.82) is 0 Å². The molecule has 1 aromatic rings. The molecule has 20 heavy (non-hydrogen) atoms. The summed E-state index contributed by atoms with van der Waals surface area (Å²) >= 11 is 1.92. The normalized spacial score (nSPS) is 47.7. The fourth-order valence-electron chi connectivity index (χ4n) is 6.81. The minimum absolute atomic E-state index is 0.267. The third-order valence-electron chi connectivity index (χ3n) is 6.40. The van der Waals surface area contributed by atoms with E-state index in [9.17, 15) is 0 Å². The molecule has 1 heterocycles. The van der Waals surface area contributed by atoms with Crippen molar-refractivity contribution in [2.24, 2.45) is 27.9 Å². The Bertz CT molecular complexity index is 527. The lowest BCUT2D eigenvalue weighted by Crippen LogP contribution is -2.57. The van der Waals surface area contributed by atoms with Crippen molar-refractivity contribution in [3.05, 3.63) is 21.9 Å². The van der Waals surface area contributed by atoms with Crippen LogP contribution in [0.25, 0.3) is 0 Å². The van der Waals surface area contributed by atoms with Gasteiger partial charge in [0.05, 0.1) is 0 Å². The van der Waals surface area contributed by atoms with Crippen molar-refractivity contribution in [3.63, 3.8) is 0 Å². The molecule has 0 radical (unpaired) electrons. The van der Waals surface area contributed by atoms with Gasteiger partial charge in [-0.05, 0) is 79.7 Å². The fourth-order valence-corrected chi connectivity index (χ4v) is 7.83. The molecule has 2 N–H and O–H groups in total. The van der Waals surface area contributed by atoms with E-state index in [0.717, 1.165) is 5.92 Å². The van der Waals surface area contributed by atoms with Crippen molar-refractivity contribution in [1.82, 2.24) is 0 Å². The zero-order chi connectivity index (χ0) is 14.2. The van der Waals surface area contributed by atoms with Crippen molar-refractivity contribution < 1.29 is 0 Å².